The van der Waals surface area contributed by atoms with E-state index in [1.807, 2.05) is 0 Å². The van der Waals surface area contributed by atoms with Crippen molar-refractivity contribution in [2.75, 3.05) is 12.8 Å². The summed E-state index contributed by atoms with van der Waals surface area (Å²) < 4.78 is 44.8. The van der Waals surface area contributed by atoms with Crippen molar-refractivity contribution in [1.82, 2.24) is 14.6 Å². The Labute approximate surface area is 261 Å². The molecule has 1 saturated heterocycles. The molecule has 1 N–H and O–H groups in total. The lowest BCUT2D eigenvalue weighted by Crippen LogP contribution is -2.54. The molecule has 0 saturated carbocycles. The highest BCUT2D eigenvalue weighted by atomic mass is 31.2. The van der Waals surface area contributed by atoms with Crippen LogP contribution in [0, 0.1) is 30.1 Å². The molecule has 1 aromatic carbocycles. The number of nitriles is 1. The van der Waals surface area contributed by atoms with Crippen LogP contribution in [-0.4, -0.2) is 68.3 Å². The average molecular weight is 643 g/mol. The predicted octanol–water partition coefficient (Wildman–Crippen LogP) is 4.35. The highest BCUT2D eigenvalue weighted by Crippen LogP contribution is 2.53. The minimum atomic E-state index is -4.14. The molecular weight excluding hydrogens is 603 g/mol. The van der Waals surface area contributed by atoms with Gasteiger partial charge in [-0.3, -0.25) is 14.1 Å². The zero-order valence-electron chi connectivity index (χ0n) is 26.4. The van der Waals surface area contributed by atoms with Crippen molar-refractivity contribution in [3.8, 4) is 11.8 Å². The van der Waals surface area contributed by atoms with Crippen molar-refractivity contribution in [2.45, 2.75) is 78.0 Å². The fraction of sp³-hybridized carbons (Fsp3) is 0.516. The van der Waals surface area contributed by atoms with Crippen LogP contribution in [0.15, 0.2) is 48.8 Å². The summed E-state index contributed by atoms with van der Waals surface area (Å²) in [5.74, 6) is -2.47. The van der Waals surface area contributed by atoms with E-state index in [-0.39, 0.29) is 23.7 Å². The summed E-state index contributed by atoms with van der Waals surface area (Å²) in [7, 11) is -4.14. The van der Waals surface area contributed by atoms with Gasteiger partial charge in [0.05, 0.1) is 47.6 Å². The Bertz CT molecular complexity index is 1620. The van der Waals surface area contributed by atoms with E-state index >= 15 is 0 Å². The van der Waals surface area contributed by atoms with Gasteiger partial charge in [0.2, 0.25) is 5.60 Å². The molecule has 6 atom stereocenters. The lowest BCUT2D eigenvalue weighted by molar-refractivity contribution is -0.168. The third kappa shape index (κ3) is 6.89. The maximum atomic E-state index is 14.2. The van der Waals surface area contributed by atoms with Gasteiger partial charge in [-0.05, 0) is 52.0 Å². The van der Waals surface area contributed by atoms with Gasteiger partial charge in [0.25, 0.3) is 0 Å². The first kappa shape index (κ1) is 34.1. The average Bonchev–Trinajstić information content (AvgIpc) is 3.50. The number of hydrogen-bond donors (Lipinski definition) is 1. The number of para-hydroxylation sites is 1. The molecule has 3 heterocycles. The van der Waals surface area contributed by atoms with Crippen LogP contribution in [0.5, 0.6) is 5.75 Å². The molecule has 2 aromatic heterocycles. The van der Waals surface area contributed by atoms with E-state index in [2.05, 4.69) is 16.2 Å². The molecule has 0 aliphatic carbocycles. The molecule has 4 rings (SSSR count). The summed E-state index contributed by atoms with van der Waals surface area (Å²) in [6.07, 6.45) is -2.19. The fourth-order valence-corrected chi connectivity index (χ4v) is 6.96. The molecule has 1 fully saturated rings. The molecule has 1 aliphatic heterocycles. The van der Waals surface area contributed by atoms with Crippen LogP contribution in [0.1, 0.15) is 52.9 Å². The number of carbonyl (C=O) groups is 2. The second-order valence-electron chi connectivity index (χ2n) is 11.9. The van der Waals surface area contributed by atoms with Crippen molar-refractivity contribution in [3.05, 3.63) is 60.2 Å². The van der Waals surface area contributed by atoms with Crippen molar-refractivity contribution < 1.29 is 42.5 Å². The lowest BCUT2D eigenvalue weighted by Gasteiger charge is -2.34. The third-order valence-corrected chi connectivity index (χ3v) is 9.51. The molecule has 13 nitrogen and oxygen atoms in total. The SMILES string of the molecule is Cc1ncnn2c([C@]3(C#N)O[C@H](CO[P@@](=O)(C[C@@H](C)C(=O)OC(C)C)Oc4ccccc4)[C@@H](OC(=O)C(C)C)[C@@]3(C)O)ccc12. The molecule has 14 heteroatoms. The molecule has 45 heavy (non-hydrogen) atoms. The molecule has 0 spiro atoms. The zero-order valence-corrected chi connectivity index (χ0v) is 27.3. The Hall–Kier alpha value is -3.82. The van der Waals surface area contributed by atoms with Crippen LogP contribution < -0.4 is 4.52 Å². The van der Waals surface area contributed by atoms with Crippen molar-refractivity contribution in [2.24, 2.45) is 11.8 Å². The number of esters is 2. The van der Waals surface area contributed by atoms with Crippen LogP contribution in [0.2, 0.25) is 0 Å². The maximum absolute atomic E-state index is 14.2. The summed E-state index contributed by atoms with van der Waals surface area (Å²) in [4.78, 5) is 29.7. The van der Waals surface area contributed by atoms with Crippen molar-refractivity contribution >= 4 is 25.1 Å². The second-order valence-corrected chi connectivity index (χ2v) is 13.9. The van der Waals surface area contributed by atoms with E-state index in [9.17, 15) is 24.5 Å². The van der Waals surface area contributed by atoms with Crippen LogP contribution in [-0.2, 0) is 38.5 Å². The van der Waals surface area contributed by atoms with Crippen LogP contribution in [0.3, 0.4) is 0 Å². The van der Waals surface area contributed by atoms with Crippen molar-refractivity contribution in [1.29, 1.82) is 5.26 Å². The quantitative estimate of drug-likeness (QED) is 0.219. The predicted molar refractivity (Wildman–Crippen MR) is 161 cm³/mol. The summed E-state index contributed by atoms with van der Waals surface area (Å²) in [6, 6.07) is 13.6. The zero-order chi connectivity index (χ0) is 33.2. The van der Waals surface area contributed by atoms with Gasteiger partial charge in [-0.15, -0.1) is 0 Å². The summed E-state index contributed by atoms with van der Waals surface area (Å²) >= 11 is 0. The molecule has 0 bridgehead atoms. The number of benzene rings is 1. The van der Waals surface area contributed by atoms with Gasteiger partial charge in [0.1, 0.15) is 29.9 Å². The molecule has 0 amide bonds. The standard InChI is InChI=1S/C31H39N4O9P/c1-19(2)28(36)42-27-25(43-31(17-32,30(27,7)38)26-14-13-24-22(6)33-18-34-35(24)26)15-40-45(39,44-23-11-9-8-10-12-23)16-21(5)29(37)41-20(3)4/h8-14,18-21,25,27,38H,15-16H2,1-7H3/t21-,25-,27-,30-,31+,45+/m1/s1. The normalized spacial score (nSPS) is 25.1. The first-order valence-corrected chi connectivity index (χ1v) is 16.4. The number of fused-ring (bicyclic) bond motifs is 1. The number of carbonyl (C=O) groups excluding carboxylic acids is 2. The van der Waals surface area contributed by atoms with Gasteiger partial charge in [0.15, 0.2) is 6.10 Å². The Morgan fingerprint density at radius 2 is 1.82 bits per heavy atom. The molecule has 0 radical (unpaired) electrons. The number of aryl methyl sites for hydroxylation is 1. The number of hydrogen-bond acceptors (Lipinski definition) is 12. The third-order valence-electron chi connectivity index (χ3n) is 7.48. The van der Waals surface area contributed by atoms with Crippen LogP contribution in [0.25, 0.3) is 5.52 Å². The Kier molecular flexibility index (Phi) is 10.0. The van der Waals surface area contributed by atoms with E-state index < -0.39 is 61.4 Å². The first-order valence-electron chi connectivity index (χ1n) is 14.6. The molecule has 0 unspecified atom stereocenters. The number of ether oxygens (including phenoxy) is 3. The number of nitrogens with zero attached hydrogens (tertiary/aromatic N) is 4. The van der Waals surface area contributed by atoms with Crippen LogP contribution in [0.4, 0.5) is 0 Å². The Morgan fingerprint density at radius 3 is 2.44 bits per heavy atom. The number of rotatable bonds is 12. The van der Waals surface area contributed by atoms with Crippen molar-refractivity contribution in [3.63, 3.8) is 0 Å². The first-order chi connectivity index (χ1) is 21.1. The minimum Gasteiger partial charge on any atom is -0.463 e. The fourth-order valence-electron chi connectivity index (χ4n) is 5.09. The van der Waals surface area contributed by atoms with Gasteiger partial charge >= 0.3 is 19.5 Å². The Morgan fingerprint density at radius 1 is 1.13 bits per heavy atom. The number of aromatic nitrogens is 3. The van der Waals surface area contributed by atoms with Crippen LogP contribution >= 0.6 is 7.60 Å². The van der Waals surface area contributed by atoms with E-state index in [1.165, 1.54) is 17.8 Å². The molecule has 242 valence electrons. The molecular formula is C31H39N4O9P. The van der Waals surface area contributed by atoms with Gasteiger partial charge in [0, 0.05) is 0 Å². The van der Waals surface area contributed by atoms with Gasteiger partial charge in [-0.1, -0.05) is 39.0 Å². The summed E-state index contributed by atoms with van der Waals surface area (Å²) in [5.41, 5.74) is -2.91. The van der Waals surface area contributed by atoms with E-state index in [0.29, 0.717) is 11.2 Å². The van der Waals surface area contributed by atoms with E-state index in [0.717, 1.165) is 0 Å². The number of aliphatic hydroxyl groups is 1. The lowest BCUT2D eigenvalue weighted by atomic mass is 9.80. The van der Waals surface area contributed by atoms with Gasteiger partial charge < -0.3 is 23.8 Å². The highest BCUT2D eigenvalue weighted by molar-refractivity contribution is 7.54. The Balaban J connectivity index is 1.72. The largest absolute Gasteiger partial charge is 0.463 e. The molecule has 1 aliphatic rings. The summed E-state index contributed by atoms with van der Waals surface area (Å²) in [5, 5.41) is 26.9. The highest BCUT2D eigenvalue weighted by Gasteiger charge is 2.67. The van der Waals surface area contributed by atoms with E-state index in [4.69, 9.17) is 23.3 Å². The maximum Gasteiger partial charge on any atom is 0.380 e. The summed E-state index contributed by atoms with van der Waals surface area (Å²) in [6.45, 7) is 10.7. The second kappa shape index (κ2) is 13.3. The smallest absolute Gasteiger partial charge is 0.380 e. The van der Waals surface area contributed by atoms with Gasteiger partial charge in [-0.25, -0.2) is 14.1 Å². The van der Waals surface area contributed by atoms with Gasteiger partial charge in [-0.2, -0.15) is 10.4 Å². The molecule has 3 aromatic rings. The minimum absolute atomic E-state index is 0.164. The van der Waals surface area contributed by atoms with E-state index in [1.54, 1.807) is 84.0 Å². The monoisotopic (exact) mass is 642 g/mol. The topological polar surface area (TPSA) is 172 Å².